The fourth-order valence-electron chi connectivity index (χ4n) is 1.83. The molecule has 0 aliphatic carbocycles. The van der Waals surface area contributed by atoms with Crippen molar-refractivity contribution < 1.29 is 4.79 Å². The van der Waals surface area contributed by atoms with Gasteiger partial charge in [-0.15, -0.1) is 0 Å². The molecule has 0 saturated carbocycles. The Hall–Kier alpha value is -1.86. The lowest BCUT2D eigenvalue weighted by Crippen LogP contribution is -2.24. The summed E-state index contributed by atoms with van der Waals surface area (Å²) in [5.74, 6) is -0.0947. The van der Waals surface area contributed by atoms with Gasteiger partial charge in [0.05, 0.1) is 6.07 Å². The molecular weight excluding hydrogens is 304 g/mol. The lowest BCUT2D eigenvalue weighted by molar-refractivity contribution is 0.0953. The molecular formula is C15H13BrN2O. The van der Waals surface area contributed by atoms with E-state index < -0.39 is 0 Å². The van der Waals surface area contributed by atoms with Crippen molar-refractivity contribution >= 4 is 32.6 Å². The Bertz CT molecular complexity index is 646. The van der Waals surface area contributed by atoms with E-state index in [1.807, 2.05) is 36.4 Å². The Morgan fingerprint density at radius 3 is 2.74 bits per heavy atom. The number of rotatable bonds is 4. The highest BCUT2D eigenvalue weighted by atomic mass is 79.9. The average molecular weight is 317 g/mol. The smallest absolute Gasteiger partial charge is 0.251 e. The zero-order chi connectivity index (χ0) is 13.7. The Balaban J connectivity index is 2.10. The van der Waals surface area contributed by atoms with Crippen LogP contribution in [0.2, 0.25) is 0 Å². The highest BCUT2D eigenvalue weighted by molar-refractivity contribution is 9.10. The number of carbonyl (C=O) groups is 1. The number of fused-ring (bicyclic) bond motifs is 1. The molecule has 0 aliphatic rings. The van der Waals surface area contributed by atoms with E-state index in [0.29, 0.717) is 24.9 Å². The van der Waals surface area contributed by atoms with Gasteiger partial charge in [0.15, 0.2) is 0 Å². The van der Waals surface area contributed by atoms with Crippen LogP contribution in [0.5, 0.6) is 0 Å². The predicted molar refractivity (Wildman–Crippen MR) is 78.8 cm³/mol. The van der Waals surface area contributed by atoms with Crippen molar-refractivity contribution in [3.8, 4) is 6.07 Å². The fraction of sp³-hybridized carbons (Fsp3) is 0.200. The molecule has 0 aromatic heterocycles. The maximum Gasteiger partial charge on any atom is 0.251 e. The Labute approximate surface area is 120 Å². The molecule has 2 aromatic rings. The maximum atomic E-state index is 11.9. The van der Waals surface area contributed by atoms with E-state index in [9.17, 15) is 4.79 Å². The zero-order valence-corrected chi connectivity index (χ0v) is 11.9. The van der Waals surface area contributed by atoms with Crippen LogP contribution in [0.15, 0.2) is 40.9 Å². The number of carbonyl (C=O) groups excluding carboxylic acids is 1. The van der Waals surface area contributed by atoms with Gasteiger partial charge in [-0.25, -0.2) is 0 Å². The average Bonchev–Trinajstić information content (AvgIpc) is 2.42. The second kappa shape index (κ2) is 6.35. The lowest BCUT2D eigenvalue weighted by Gasteiger charge is -2.05. The normalized spacial score (nSPS) is 10.1. The topological polar surface area (TPSA) is 52.9 Å². The monoisotopic (exact) mass is 316 g/mol. The van der Waals surface area contributed by atoms with Crippen LogP contribution in [0.4, 0.5) is 0 Å². The van der Waals surface area contributed by atoms with E-state index in [4.69, 9.17) is 5.26 Å². The summed E-state index contributed by atoms with van der Waals surface area (Å²) < 4.78 is 1.02. The first-order chi connectivity index (χ1) is 9.20. The van der Waals surface area contributed by atoms with Gasteiger partial charge in [-0.2, -0.15) is 5.26 Å². The summed E-state index contributed by atoms with van der Waals surface area (Å²) in [6.45, 7) is 0.533. The number of nitrogens with one attached hydrogen (secondary N) is 1. The SMILES string of the molecule is N#CCCCNC(=O)c1ccc2cc(Br)ccc2c1. The third-order valence-corrected chi connectivity index (χ3v) is 3.31. The molecule has 0 radical (unpaired) electrons. The number of halogens is 1. The molecule has 0 spiro atoms. The molecule has 0 heterocycles. The van der Waals surface area contributed by atoms with E-state index >= 15 is 0 Å². The number of amides is 1. The quantitative estimate of drug-likeness (QED) is 0.875. The summed E-state index contributed by atoms with van der Waals surface area (Å²) in [5.41, 5.74) is 0.645. The third-order valence-electron chi connectivity index (χ3n) is 2.82. The van der Waals surface area contributed by atoms with Gasteiger partial charge in [0.25, 0.3) is 5.91 Å². The third kappa shape index (κ3) is 3.55. The first-order valence-corrected chi connectivity index (χ1v) is 6.84. The molecule has 1 amide bonds. The number of hydrogen-bond donors (Lipinski definition) is 1. The van der Waals surface area contributed by atoms with Crippen LogP contribution < -0.4 is 5.32 Å². The second-order valence-electron chi connectivity index (χ2n) is 4.22. The Kier molecular flexibility index (Phi) is 4.53. The van der Waals surface area contributed by atoms with Crippen molar-refractivity contribution in [1.82, 2.24) is 5.32 Å². The van der Waals surface area contributed by atoms with Crippen molar-refractivity contribution in [3.63, 3.8) is 0 Å². The summed E-state index contributed by atoms with van der Waals surface area (Å²) in [6, 6.07) is 13.6. The predicted octanol–water partition coefficient (Wildman–Crippen LogP) is 3.64. The minimum Gasteiger partial charge on any atom is -0.352 e. The van der Waals surface area contributed by atoms with Gasteiger partial charge < -0.3 is 5.32 Å². The number of nitriles is 1. The summed E-state index contributed by atoms with van der Waals surface area (Å²) in [4.78, 5) is 11.9. The van der Waals surface area contributed by atoms with Crippen molar-refractivity contribution in [2.45, 2.75) is 12.8 Å². The highest BCUT2D eigenvalue weighted by Crippen LogP contribution is 2.20. The largest absolute Gasteiger partial charge is 0.352 e. The summed E-state index contributed by atoms with van der Waals surface area (Å²) in [7, 11) is 0. The van der Waals surface area contributed by atoms with Crippen LogP contribution in [0, 0.1) is 11.3 Å². The Morgan fingerprint density at radius 2 is 1.95 bits per heavy atom. The number of nitrogens with zero attached hydrogens (tertiary/aromatic N) is 1. The number of hydrogen-bond acceptors (Lipinski definition) is 2. The lowest BCUT2D eigenvalue weighted by atomic mass is 10.1. The van der Waals surface area contributed by atoms with E-state index in [0.717, 1.165) is 15.2 Å². The van der Waals surface area contributed by atoms with Crippen LogP contribution in [0.1, 0.15) is 23.2 Å². The first-order valence-electron chi connectivity index (χ1n) is 6.05. The fourth-order valence-corrected chi connectivity index (χ4v) is 2.21. The van der Waals surface area contributed by atoms with Gasteiger partial charge >= 0.3 is 0 Å². The van der Waals surface area contributed by atoms with E-state index in [2.05, 4.69) is 27.3 Å². The van der Waals surface area contributed by atoms with Crippen LogP contribution in [-0.2, 0) is 0 Å². The van der Waals surface area contributed by atoms with Crippen LogP contribution >= 0.6 is 15.9 Å². The zero-order valence-electron chi connectivity index (χ0n) is 10.3. The second-order valence-corrected chi connectivity index (χ2v) is 5.14. The van der Waals surface area contributed by atoms with Crippen molar-refractivity contribution in [2.75, 3.05) is 6.54 Å². The van der Waals surface area contributed by atoms with Gasteiger partial charge in [0.2, 0.25) is 0 Å². The van der Waals surface area contributed by atoms with Gasteiger partial charge in [0.1, 0.15) is 0 Å². The molecule has 96 valence electrons. The molecule has 19 heavy (non-hydrogen) atoms. The summed E-state index contributed by atoms with van der Waals surface area (Å²) in [5, 5.41) is 13.4. The summed E-state index contributed by atoms with van der Waals surface area (Å²) in [6.07, 6.45) is 1.15. The molecule has 3 nitrogen and oxygen atoms in total. The molecule has 0 fully saturated rings. The molecule has 2 rings (SSSR count). The number of benzene rings is 2. The highest BCUT2D eigenvalue weighted by Gasteiger charge is 2.05. The van der Waals surface area contributed by atoms with Crippen molar-refractivity contribution in [3.05, 3.63) is 46.4 Å². The molecule has 1 N–H and O–H groups in total. The number of unbranched alkanes of at least 4 members (excludes halogenated alkanes) is 1. The molecule has 0 bridgehead atoms. The molecule has 2 aromatic carbocycles. The molecule has 0 atom stereocenters. The van der Waals surface area contributed by atoms with E-state index in [1.54, 1.807) is 0 Å². The van der Waals surface area contributed by atoms with Gasteiger partial charge in [-0.3, -0.25) is 4.79 Å². The Morgan fingerprint density at radius 1 is 1.21 bits per heavy atom. The molecule has 0 unspecified atom stereocenters. The molecule has 0 aliphatic heterocycles. The molecule has 4 heteroatoms. The van der Waals surface area contributed by atoms with Crippen LogP contribution in [0.25, 0.3) is 10.8 Å². The minimum atomic E-state index is -0.0947. The van der Waals surface area contributed by atoms with Crippen LogP contribution in [0.3, 0.4) is 0 Å². The van der Waals surface area contributed by atoms with E-state index in [-0.39, 0.29) is 5.91 Å². The van der Waals surface area contributed by atoms with E-state index in [1.165, 1.54) is 0 Å². The minimum absolute atomic E-state index is 0.0947. The van der Waals surface area contributed by atoms with Gasteiger partial charge in [-0.05, 0) is 41.5 Å². The van der Waals surface area contributed by atoms with Crippen molar-refractivity contribution in [1.29, 1.82) is 5.26 Å². The van der Waals surface area contributed by atoms with Crippen LogP contribution in [-0.4, -0.2) is 12.5 Å². The summed E-state index contributed by atoms with van der Waals surface area (Å²) >= 11 is 3.42. The standard InChI is InChI=1S/C15H13BrN2O/c16-14-6-5-11-9-13(4-3-12(11)10-14)15(19)18-8-2-1-7-17/h3-6,9-10H,1-2,8H2,(H,18,19). The van der Waals surface area contributed by atoms with Gasteiger partial charge in [0, 0.05) is 23.0 Å². The molecule has 0 saturated heterocycles. The first kappa shape index (κ1) is 13.6. The maximum absolute atomic E-state index is 11.9. The van der Waals surface area contributed by atoms with Gasteiger partial charge in [-0.1, -0.05) is 28.1 Å². The van der Waals surface area contributed by atoms with Crippen molar-refractivity contribution in [2.24, 2.45) is 0 Å².